The van der Waals surface area contributed by atoms with Gasteiger partial charge in [-0.05, 0) is 42.0 Å². The zero-order valence-electron chi connectivity index (χ0n) is 18.7. The number of benzene rings is 1. The van der Waals surface area contributed by atoms with Crippen molar-refractivity contribution >= 4 is 34.8 Å². The number of tetrazole rings is 1. The van der Waals surface area contributed by atoms with E-state index >= 15 is 0 Å². The summed E-state index contributed by atoms with van der Waals surface area (Å²) in [5, 5.41) is 16.6. The molecule has 0 bridgehead atoms. The third-order valence-electron chi connectivity index (χ3n) is 4.90. The van der Waals surface area contributed by atoms with Crippen LogP contribution in [0.5, 0.6) is 0 Å². The van der Waals surface area contributed by atoms with Crippen molar-refractivity contribution < 1.29 is 22.8 Å². The fraction of sp³-hybridized carbons (Fsp3) is 0.143. The van der Waals surface area contributed by atoms with Gasteiger partial charge in [0.1, 0.15) is 12.2 Å². The minimum atomic E-state index is -4.79. The van der Waals surface area contributed by atoms with Crippen LogP contribution in [0.15, 0.2) is 36.5 Å². The SMILES string of the molecule is [C-]#[N+]c1cc(C)c(NC(=O)c2cc(Cn3nnc(C(F)(F)F)n3)nn2-c2ncccc2Cl)c(C(N)=O)c1. The molecular weight excluding hydrogens is 517 g/mol. The van der Waals surface area contributed by atoms with Crippen LogP contribution in [0.2, 0.25) is 5.02 Å². The number of hydrogen-bond donors (Lipinski definition) is 2. The first-order chi connectivity index (χ1) is 17.5. The number of alkyl halides is 3. The second-order valence-corrected chi connectivity index (χ2v) is 7.91. The van der Waals surface area contributed by atoms with Gasteiger partial charge in [0.2, 0.25) is 5.91 Å². The number of pyridine rings is 1. The van der Waals surface area contributed by atoms with Crippen LogP contribution in [0.4, 0.5) is 24.5 Å². The Morgan fingerprint density at radius 2 is 2.00 bits per heavy atom. The monoisotopic (exact) mass is 530 g/mol. The zero-order valence-corrected chi connectivity index (χ0v) is 19.4. The number of aromatic nitrogens is 7. The summed E-state index contributed by atoms with van der Waals surface area (Å²) in [6.07, 6.45) is -3.39. The number of hydrogen-bond acceptors (Lipinski definition) is 7. The molecular formula is C21H14ClF3N10O2. The summed E-state index contributed by atoms with van der Waals surface area (Å²) < 4.78 is 39.6. The molecule has 0 aliphatic heterocycles. The molecule has 0 unspecified atom stereocenters. The number of nitrogens with two attached hydrogens (primary N) is 1. The summed E-state index contributed by atoms with van der Waals surface area (Å²) >= 11 is 6.23. The number of nitrogens with one attached hydrogen (secondary N) is 1. The van der Waals surface area contributed by atoms with Crippen LogP contribution >= 0.6 is 11.6 Å². The van der Waals surface area contributed by atoms with Gasteiger partial charge >= 0.3 is 6.18 Å². The summed E-state index contributed by atoms with van der Waals surface area (Å²) in [5.74, 6) is -3.03. The van der Waals surface area contributed by atoms with Crippen LogP contribution in [0.1, 0.15) is 37.9 Å². The average molecular weight is 531 g/mol. The Morgan fingerprint density at radius 3 is 2.62 bits per heavy atom. The number of primary amides is 1. The summed E-state index contributed by atoms with van der Waals surface area (Å²) in [7, 11) is 0. The molecule has 3 aromatic heterocycles. The second kappa shape index (κ2) is 9.66. The van der Waals surface area contributed by atoms with Crippen molar-refractivity contribution in [1.82, 2.24) is 35.0 Å². The molecule has 12 nitrogen and oxygen atoms in total. The summed E-state index contributed by atoms with van der Waals surface area (Å²) in [5.41, 5.74) is 5.91. The lowest BCUT2D eigenvalue weighted by atomic mass is 10.1. The van der Waals surface area contributed by atoms with Crippen LogP contribution in [0.25, 0.3) is 10.7 Å². The molecule has 0 aliphatic carbocycles. The first-order valence-electron chi connectivity index (χ1n) is 10.2. The Morgan fingerprint density at radius 1 is 1.24 bits per heavy atom. The van der Waals surface area contributed by atoms with E-state index in [9.17, 15) is 22.8 Å². The van der Waals surface area contributed by atoms with Gasteiger partial charge in [-0.2, -0.15) is 23.1 Å². The van der Waals surface area contributed by atoms with Crippen LogP contribution in [0.3, 0.4) is 0 Å². The van der Waals surface area contributed by atoms with Crippen molar-refractivity contribution in [3.63, 3.8) is 0 Å². The van der Waals surface area contributed by atoms with Crippen molar-refractivity contribution in [2.45, 2.75) is 19.6 Å². The average Bonchev–Trinajstić information content (AvgIpc) is 3.48. The molecule has 0 atom stereocenters. The van der Waals surface area contributed by atoms with E-state index in [1.807, 2.05) is 0 Å². The van der Waals surface area contributed by atoms with Gasteiger partial charge in [-0.25, -0.2) is 14.5 Å². The molecule has 188 valence electrons. The Labute approximate surface area is 210 Å². The van der Waals surface area contributed by atoms with Crippen LogP contribution in [-0.4, -0.2) is 46.8 Å². The number of anilines is 1. The Bertz CT molecular complexity index is 1570. The molecule has 3 heterocycles. The highest BCUT2D eigenvalue weighted by Gasteiger charge is 2.37. The summed E-state index contributed by atoms with van der Waals surface area (Å²) in [6.45, 7) is 8.38. The molecule has 4 aromatic rings. The number of nitrogens with zero attached hydrogens (tertiary/aromatic N) is 8. The predicted octanol–water partition coefficient (Wildman–Crippen LogP) is 3.18. The molecule has 1 aromatic carbocycles. The maximum Gasteiger partial charge on any atom is 0.455 e. The number of amides is 2. The molecule has 0 saturated heterocycles. The molecule has 0 aliphatic rings. The number of carbonyl (C=O) groups is 2. The Hall–Kier alpha value is -4.84. The fourth-order valence-electron chi connectivity index (χ4n) is 3.30. The number of aryl methyl sites for hydroxylation is 1. The van der Waals surface area contributed by atoms with E-state index < -0.39 is 23.8 Å². The topological polar surface area (TPSA) is 151 Å². The Kier molecular flexibility index (Phi) is 6.60. The van der Waals surface area contributed by atoms with E-state index in [4.69, 9.17) is 23.9 Å². The van der Waals surface area contributed by atoms with Crippen LogP contribution in [0, 0.1) is 13.5 Å². The Balaban J connectivity index is 1.76. The quantitative estimate of drug-likeness (QED) is 0.363. The van der Waals surface area contributed by atoms with Gasteiger partial charge in [0.05, 0.1) is 28.5 Å². The van der Waals surface area contributed by atoms with Gasteiger partial charge in [-0.1, -0.05) is 17.7 Å². The smallest absolute Gasteiger partial charge is 0.366 e. The molecule has 0 radical (unpaired) electrons. The van der Waals surface area contributed by atoms with E-state index in [0.717, 1.165) is 4.68 Å². The summed E-state index contributed by atoms with van der Waals surface area (Å²) in [4.78, 5) is 33.4. The lowest BCUT2D eigenvalue weighted by Crippen LogP contribution is -2.21. The lowest BCUT2D eigenvalue weighted by molar-refractivity contribution is -0.145. The summed E-state index contributed by atoms with van der Waals surface area (Å²) in [6, 6.07) is 7.02. The van der Waals surface area contributed by atoms with Crippen molar-refractivity contribution in [2.75, 3.05) is 5.32 Å². The number of halogens is 4. The van der Waals surface area contributed by atoms with Crippen molar-refractivity contribution in [2.24, 2.45) is 5.73 Å². The van der Waals surface area contributed by atoms with Crippen molar-refractivity contribution in [3.05, 3.63) is 81.3 Å². The molecule has 3 N–H and O–H groups in total. The number of carbonyl (C=O) groups excluding carboxylic acids is 2. The van der Waals surface area contributed by atoms with Crippen LogP contribution in [-0.2, 0) is 12.7 Å². The van der Waals surface area contributed by atoms with Gasteiger partial charge in [0.25, 0.3) is 11.7 Å². The predicted molar refractivity (Wildman–Crippen MR) is 122 cm³/mol. The van der Waals surface area contributed by atoms with E-state index in [2.05, 4.69) is 35.7 Å². The molecule has 0 spiro atoms. The van der Waals surface area contributed by atoms with Crippen LogP contribution < -0.4 is 11.1 Å². The van der Waals surface area contributed by atoms with Crippen molar-refractivity contribution in [1.29, 1.82) is 0 Å². The zero-order chi connectivity index (χ0) is 26.9. The largest absolute Gasteiger partial charge is 0.455 e. The normalized spacial score (nSPS) is 11.2. The highest BCUT2D eigenvalue weighted by atomic mass is 35.5. The highest BCUT2D eigenvalue weighted by Crippen LogP contribution is 2.29. The third-order valence-corrected chi connectivity index (χ3v) is 5.19. The van der Waals surface area contributed by atoms with Gasteiger partial charge in [-0.3, -0.25) is 9.59 Å². The lowest BCUT2D eigenvalue weighted by Gasteiger charge is -2.14. The third kappa shape index (κ3) is 5.23. The van der Waals surface area contributed by atoms with E-state index in [-0.39, 0.29) is 45.7 Å². The molecule has 0 saturated carbocycles. The van der Waals surface area contributed by atoms with E-state index in [1.54, 1.807) is 13.0 Å². The minimum Gasteiger partial charge on any atom is -0.366 e. The van der Waals surface area contributed by atoms with E-state index in [1.165, 1.54) is 30.5 Å². The van der Waals surface area contributed by atoms with Crippen molar-refractivity contribution in [3.8, 4) is 5.82 Å². The highest BCUT2D eigenvalue weighted by molar-refractivity contribution is 6.32. The first kappa shape index (κ1) is 25.3. The molecule has 2 amide bonds. The van der Waals surface area contributed by atoms with Gasteiger partial charge in [0, 0.05) is 6.20 Å². The fourth-order valence-corrected chi connectivity index (χ4v) is 3.50. The maximum atomic E-state index is 13.3. The molecule has 4 rings (SSSR count). The second-order valence-electron chi connectivity index (χ2n) is 7.50. The van der Waals surface area contributed by atoms with Gasteiger partial charge in [-0.15, -0.1) is 10.2 Å². The molecule has 0 fully saturated rings. The standard InChI is InChI=1S/C21H14ClF3N10O2/c1-10-6-11(27-2)7-13(17(26)36)16(10)29-19(37)15-8-12(9-34-32-20(30-33-34)21(23,24)25)31-35(15)18-14(22)4-3-5-28-18/h3-8H,9H2,1H3,(H2,26,36)(H,29,37). The van der Waals surface area contributed by atoms with Gasteiger partial charge in [0.15, 0.2) is 11.5 Å². The van der Waals surface area contributed by atoms with E-state index in [0.29, 0.717) is 10.4 Å². The molecule has 37 heavy (non-hydrogen) atoms. The maximum absolute atomic E-state index is 13.3. The molecule has 16 heteroatoms. The minimum absolute atomic E-state index is 0.0540. The first-order valence-corrected chi connectivity index (χ1v) is 10.5. The number of rotatable bonds is 6. The van der Waals surface area contributed by atoms with Gasteiger partial charge < -0.3 is 11.1 Å².